The number of hydrogen-bond donors (Lipinski definition) is 0. The van der Waals surface area contributed by atoms with Crippen LogP contribution in [-0.2, 0) is 10.0 Å². The lowest BCUT2D eigenvalue weighted by Crippen LogP contribution is -2.38. The summed E-state index contributed by atoms with van der Waals surface area (Å²) in [7, 11) is -1.42. The highest BCUT2D eigenvalue weighted by molar-refractivity contribution is 7.88. The van der Waals surface area contributed by atoms with Gasteiger partial charge in [0.1, 0.15) is 0 Å². The SMILES string of the molecule is CN(C1C[C@H](CN2CCC(c3ccccc3)CC2)[C@@H](c2ccccc2)C1)S(C)(=O)=O. The van der Waals surface area contributed by atoms with Crippen molar-refractivity contribution in [3.8, 4) is 0 Å². The second-order valence-corrected chi connectivity index (χ2v) is 11.2. The minimum atomic E-state index is -3.17. The maximum Gasteiger partial charge on any atom is 0.211 e. The second kappa shape index (κ2) is 9.21. The Balaban J connectivity index is 1.43. The fourth-order valence-electron chi connectivity index (χ4n) is 5.48. The van der Waals surface area contributed by atoms with Gasteiger partial charge in [-0.05, 0) is 67.7 Å². The number of piperidine rings is 1. The molecule has 1 unspecified atom stereocenters. The average Bonchev–Trinajstić information content (AvgIpc) is 3.18. The summed E-state index contributed by atoms with van der Waals surface area (Å²) >= 11 is 0. The summed E-state index contributed by atoms with van der Waals surface area (Å²) in [5, 5.41) is 0. The van der Waals surface area contributed by atoms with E-state index < -0.39 is 10.0 Å². The molecule has 2 aliphatic rings. The maximum atomic E-state index is 12.1. The van der Waals surface area contributed by atoms with Crippen LogP contribution in [0.15, 0.2) is 60.7 Å². The molecular formula is C25H34N2O2S. The topological polar surface area (TPSA) is 40.6 Å². The van der Waals surface area contributed by atoms with Crippen LogP contribution in [0.1, 0.15) is 48.6 Å². The Morgan fingerprint density at radius 3 is 2.03 bits per heavy atom. The first-order valence-electron chi connectivity index (χ1n) is 11.2. The molecule has 1 aliphatic heterocycles. The minimum absolute atomic E-state index is 0.0945. The highest BCUT2D eigenvalue weighted by Gasteiger charge is 2.40. The van der Waals surface area contributed by atoms with Gasteiger partial charge in [-0.25, -0.2) is 12.7 Å². The van der Waals surface area contributed by atoms with Crippen molar-refractivity contribution in [2.75, 3.05) is 32.9 Å². The van der Waals surface area contributed by atoms with Gasteiger partial charge in [-0.2, -0.15) is 0 Å². The molecule has 1 saturated heterocycles. The predicted octanol–water partition coefficient (Wildman–Crippen LogP) is 4.32. The van der Waals surface area contributed by atoms with E-state index in [9.17, 15) is 8.42 Å². The van der Waals surface area contributed by atoms with Crippen molar-refractivity contribution in [3.63, 3.8) is 0 Å². The van der Waals surface area contributed by atoms with E-state index in [1.165, 1.54) is 30.2 Å². The molecule has 0 radical (unpaired) electrons. The fourth-order valence-corrected chi connectivity index (χ4v) is 6.19. The Kier molecular flexibility index (Phi) is 6.61. The molecular weight excluding hydrogens is 392 g/mol. The first-order valence-corrected chi connectivity index (χ1v) is 13.0. The van der Waals surface area contributed by atoms with Gasteiger partial charge >= 0.3 is 0 Å². The third-order valence-corrected chi connectivity index (χ3v) is 8.63. The van der Waals surface area contributed by atoms with E-state index in [1.807, 2.05) is 0 Å². The second-order valence-electron chi connectivity index (χ2n) is 9.17. The molecule has 0 bridgehead atoms. The molecule has 162 valence electrons. The molecule has 2 aromatic carbocycles. The van der Waals surface area contributed by atoms with Gasteiger partial charge in [-0.15, -0.1) is 0 Å². The summed E-state index contributed by atoms with van der Waals surface area (Å²) < 4.78 is 25.9. The van der Waals surface area contributed by atoms with E-state index >= 15 is 0 Å². The van der Waals surface area contributed by atoms with Crippen molar-refractivity contribution in [2.24, 2.45) is 5.92 Å². The van der Waals surface area contributed by atoms with Crippen molar-refractivity contribution in [2.45, 2.75) is 43.6 Å². The van der Waals surface area contributed by atoms with Gasteiger partial charge in [0.25, 0.3) is 0 Å². The highest BCUT2D eigenvalue weighted by Crippen LogP contribution is 2.43. The van der Waals surface area contributed by atoms with E-state index in [4.69, 9.17) is 0 Å². The van der Waals surface area contributed by atoms with Gasteiger partial charge in [-0.1, -0.05) is 60.7 Å². The van der Waals surface area contributed by atoms with Crippen LogP contribution in [0.2, 0.25) is 0 Å². The highest BCUT2D eigenvalue weighted by atomic mass is 32.2. The molecule has 2 aromatic rings. The smallest absolute Gasteiger partial charge is 0.211 e. The third-order valence-electron chi connectivity index (χ3n) is 7.29. The fraction of sp³-hybridized carbons (Fsp3) is 0.520. The van der Waals surface area contributed by atoms with Crippen LogP contribution in [0, 0.1) is 5.92 Å². The van der Waals surface area contributed by atoms with Crippen LogP contribution in [0.25, 0.3) is 0 Å². The molecule has 0 spiro atoms. The summed E-state index contributed by atoms with van der Waals surface area (Å²) in [6, 6.07) is 21.7. The van der Waals surface area contributed by atoms with Gasteiger partial charge in [0, 0.05) is 19.6 Å². The molecule has 1 heterocycles. The van der Waals surface area contributed by atoms with Crippen LogP contribution in [0.3, 0.4) is 0 Å². The number of nitrogens with zero attached hydrogens (tertiary/aromatic N) is 2. The predicted molar refractivity (Wildman–Crippen MR) is 123 cm³/mol. The van der Waals surface area contributed by atoms with Gasteiger partial charge in [-0.3, -0.25) is 0 Å². The molecule has 5 heteroatoms. The number of rotatable bonds is 6. The van der Waals surface area contributed by atoms with Gasteiger partial charge < -0.3 is 4.90 Å². The van der Waals surface area contributed by atoms with E-state index in [1.54, 1.807) is 11.4 Å². The van der Waals surface area contributed by atoms with Crippen LogP contribution in [0.4, 0.5) is 0 Å². The van der Waals surface area contributed by atoms with Crippen molar-refractivity contribution >= 4 is 10.0 Å². The Labute approximate surface area is 182 Å². The molecule has 4 nitrogen and oxygen atoms in total. The lowest BCUT2D eigenvalue weighted by molar-refractivity contribution is 0.176. The number of benzene rings is 2. The van der Waals surface area contributed by atoms with E-state index in [2.05, 4.69) is 65.6 Å². The third kappa shape index (κ3) is 4.96. The van der Waals surface area contributed by atoms with Crippen LogP contribution >= 0.6 is 0 Å². The maximum absolute atomic E-state index is 12.1. The largest absolute Gasteiger partial charge is 0.303 e. The summed E-state index contributed by atoms with van der Waals surface area (Å²) in [4.78, 5) is 2.61. The van der Waals surface area contributed by atoms with Crippen molar-refractivity contribution in [3.05, 3.63) is 71.8 Å². The summed E-state index contributed by atoms with van der Waals surface area (Å²) in [5.41, 5.74) is 2.82. The van der Waals surface area contributed by atoms with Gasteiger partial charge in [0.05, 0.1) is 6.26 Å². The zero-order valence-electron chi connectivity index (χ0n) is 18.2. The van der Waals surface area contributed by atoms with Crippen LogP contribution in [-0.4, -0.2) is 56.6 Å². The van der Waals surface area contributed by atoms with Crippen molar-refractivity contribution < 1.29 is 8.42 Å². The average molecular weight is 427 g/mol. The molecule has 3 atom stereocenters. The molecule has 0 amide bonds. The number of likely N-dealkylation sites (tertiary alicyclic amines) is 1. The lowest BCUT2D eigenvalue weighted by Gasteiger charge is -2.35. The van der Waals surface area contributed by atoms with E-state index in [0.717, 1.165) is 32.5 Å². The zero-order valence-corrected chi connectivity index (χ0v) is 19.0. The van der Waals surface area contributed by atoms with Crippen molar-refractivity contribution in [1.29, 1.82) is 0 Å². The number of sulfonamides is 1. The summed E-state index contributed by atoms with van der Waals surface area (Å²) in [5.74, 6) is 1.59. The van der Waals surface area contributed by atoms with Gasteiger partial charge in [0.15, 0.2) is 0 Å². The molecule has 30 heavy (non-hydrogen) atoms. The monoisotopic (exact) mass is 426 g/mol. The van der Waals surface area contributed by atoms with E-state index in [0.29, 0.717) is 17.8 Å². The molecule has 0 aromatic heterocycles. The zero-order chi connectivity index (χ0) is 21.1. The van der Waals surface area contributed by atoms with Gasteiger partial charge in [0.2, 0.25) is 10.0 Å². The Morgan fingerprint density at radius 2 is 1.47 bits per heavy atom. The lowest BCUT2D eigenvalue weighted by atomic mass is 9.86. The summed E-state index contributed by atoms with van der Waals surface area (Å²) in [6.45, 7) is 3.32. The quantitative estimate of drug-likeness (QED) is 0.691. The van der Waals surface area contributed by atoms with E-state index in [-0.39, 0.29) is 6.04 Å². The molecule has 1 aliphatic carbocycles. The molecule has 0 N–H and O–H groups in total. The van der Waals surface area contributed by atoms with Crippen LogP contribution in [0.5, 0.6) is 0 Å². The standard InChI is InChI=1S/C25H34N2O2S/c1-26(30(2,28)29)24-17-23(25(18-24)22-11-7-4-8-12-22)19-27-15-13-21(14-16-27)20-9-5-3-6-10-20/h3-12,21,23-25H,13-19H2,1-2H3/t23-,24?,25-/m1/s1. The van der Waals surface area contributed by atoms with Crippen molar-refractivity contribution in [1.82, 2.24) is 9.21 Å². The first-order chi connectivity index (χ1) is 14.4. The Morgan fingerprint density at radius 1 is 0.900 bits per heavy atom. The molecule has 1 saturated carbocycles. The molecule has 2 fully saturated rings. The van der Waals surface area contributed by atoms with Crippen LogP contribution < -0.4 is 0 Å². The Bertz CT molecular complexity index is 909. The Hall–Kier alpha value is -1.69. The normalized spacial score (nSPS) is 26.3. The summed E-state index contributed by atoms with van der Waals surface area (Å²) in [6.07, 6.45) is 5.60. The number of hydrogen-bond acceptors (Lipinski definition) is 3. The molecule has 4 rings (SSSR count). The minimum Gasteiger partial charge on any atom is -0.303 e. The first kappa shape index (κ1) is 21.5.